The fourth-order valence-corrected chi connectivity index (χ4v) is 1.62. The van der Waals surface area contributed by atoms with E-state index in [0.717, 1.165) is 0 Å². The molecule has 0 unspecified atom stereocenters. The zero-order valence-electron chi connectivity index (χ0n) is 10.8. The third kappa shape index (κ3) is 3.65. The summed E-state index contributed by atoms with van der Waals surface area (Å²) in [5.41, 5.74) is 1.55. The van der Waals surface area contributed by atoms with Crippen LogP contribution in [0.5, 0.6) is 0 Å². The van der Waals surface area contributed by atoms with Crippen molar-refractivity contribution >= 4 is 17.3 Å². The van der Waals surface area contributed by atoms with Gasteiger partial charge in [-0.2, -0.15) is 0 Å². The van der Waals surface area contributed by atoms with Crippen LogP contribution in [0, 0.1) is 5.82 Å². The van der Waals surface area contributed by atoms with Crippen molar-refractivity contribution in [1.82, 2.24) is 10.3 Å². The Balaban J connectivity index is 2.13. The maximum Gasteiger partial charge on any atom is 0.270 e. The fourth-order valence-electron chi connectivity index (χ4n) is 1.62. The Hall–Kier alpha value is -2.69. The van der Waals surface area contributed by atoms with Gasteiger partial charge in [0.25, 0.3) is 5.91 Å². The van der Waals surface area contributed by atoms with Crippen molar-refractivity contribution in [3.63, 3.8) is 0 Å². The topological polar surface area (TPSA) is 54.0 Å². The monoisotopic (exact) mass is 271 g/mol. The summed E-state index contributed by atoms with van der Waals surface area (Å²) in [6, 6.07) is 9.39. The highest BCUT2D eigenvalue weighted by molar-refractivity contribution is 5.93. The van der Waals surface area contributed by atoms with Gasteiger partial charge in [0.2, 0.25) is 0 Å². The molecule has 0 aliphatic heterocycles. The van der Waals surface area contributed by atoms with Gasteiger partial charge in [-0.05, 0) is 30.3 Å². The number of nitrogens with zero attached hydrogens (tertiary/aromatic N) is 1. The molecule has 0 saturated heterocycles. The summed E-state index contributed by atoms with van der Waals surface area (Å²) in [6.07, 6.45) is 3.11. The maximum atomic E-state index is 13.1. The third-order valence-corrected chi connectivity index (χ3v) is 2.51. The van der Waals surface area contributed by atoms with Gasteiger partial charge in [-0.15, -0.1) is 6.58 Å². The van der Waals surface area contributed by atoms with Crippen LogP contribution in [0.1, 0.15) is 10.5 Å². The van der Waals surface area contributed by atoms with Crippen LogP contribution in [-0.4, -0.2) is 17.4 Å². The molecule has 2 aromatic rings. The molecule has 4 nitrogen and oxygen atoms in total. The first-order chi connectivity index (χ1) is 9.69. The number of hydrogen-bond donors (Lipinski definition) is 2. The second kappa shape index (κ2) is 6.47. The molecule has 0 atom stereocenters. The Morgan fingerprint density at radius 1 is 1.30 bits per heavy atom. The molecule has 0 aliphatic rings. The number of carbonyl (C=O) groups excluding carboxylic acids is 1. The molecule has 1 aromatic carbocycles. The van der Waals surface area contributed by atoms with Crippen LogP contribution in [0.25, 0.3) is 0 Å². The Bertz CT molecular complexity index is 628. The molecule has 0 aliphatic carbocycles. The molecule has 0 saturated carbocycles. The summed E-state index contributed by atoms with van der Waals surface area (Å²) in [4.78, 5) is 15.7. The summed E-state index contributed by atoms with van der Waals surface area (Å²) in [5.74, 6) is -0.610. The average molecular weight is 271 g/mol. The van der Waals surface area contributed by atoms with Gasteiger partial charge >= 0.3 is 0 Å². The molecular formula is C15H14FN3O. The lowest BCUT2D eigenvalue weighted by Gasteiger charge is -2.08. The minimum atomic E-state index is -0.326. The second-order valence-electron chi connectivity index (χ2n) is 4.06. The summed E-state index contributed by atoms with van der Waals surface area (Å²) in [7, 11) is 0. The van der Waals surface area contributed by atoms with E-state index in [0.29, 0.717) is 17.9 Å². The third-order valence-electron chi connectivity index (χ3n) is 2.51. The zero-order chi connectivity index (χ0) is 14.4. The maximum absolute atomic E-state index is 13.1. The quantitative estimate of drug-likeness (QED) is 0.822. The van der Waals surface area contributed by atoms with Crippen molar-refractivity contribution < 1.29 is 9.18 Å². The van der Waals surface area contributed by atoms with E-state index in [2.05, 4.69) is 22.2 Å². The van der Waals surface area contributed by atoms with Gasteiger partial charge in [0.15, 0.2) is 0 Å². The van der Waals surface area contributed by atoms with E-state index in [1.54, 1.807) is 30.3 Å². The normalized spacial score (nSPS) is 9.85. The number of pyridine rings is 1. The minimum absolute atomic E-state index is 0.284. The summed E-state index contributed by atoms with van der Waals surface area (Å²) >= 11 is 0. The number of anilines is 2. The molecule has 0 fully saturated rings. The van der Waals surface area contributed by atoms with E-state index in [1.165, 1.54) is 18.3 Å². The molecule has 2 N–H and O–H groups in total. The van der Waals surface area contributed by atoms with Crippen LogP contribution >= 0.6 is 0 Å². The number of hydrogen-bond acceptors (Lipinski definition) is 3. The van der Waals surface area contributed by atoms with Crippen LogP contribution in [0.3, 0.4) is 0 Å². The molecule has 1 heterocycles. The number of halogens is 1. The summed E-state index contributed by atoms with van der Waals surface area (Å²) < 4.78 is 13.1. The molecule has 1 aromatic heterocycles. The van der Waals surface area contributed by atoms with Crippen LogP contribution < -0.4 is 10.6 Å². The van der Waals surface area contributed by atoms with Crippen molar-refractivity contribution in [3.05, 3.63) is 66.8 Å². The van der Waals surface area contributed by atoms with Crippen molar-refractivity contribution in [2.45, 2.75) is 0 Å². The predicted octanol–water partition coefficient (Wildman–Crippen LogP) is 2.88. The number of aromatic nitrogens is 1. The number of carbonyl (C=O) groups is 1. The minimum Gasteiger partial charge on any atom is -0.355 e. The van der Waals surface area contributed by atoms with Crippen LogP contribution in [0.15, 0.2) is 55.3 Å². The summed E-state index contributed by atoms with van der Waals surface area (Å²) in [6.45, 7) is 3.90. The average Bonchev–Trinajstić information content (AvgIpc) is 2.45. The Kier molecular flexibility index (Phi) is 4.44. The molecule has 0 radical (unpaired) electrons. The van der Waals surface area contributed by atoms with Gasteiger partial charge in [0.1, 0.15) is 11.5 Å². The van der Waals surface area contributed by atoms with Gasteiger partial charge in [-0.25, -0.2) is 4.39 Å². The number of benzene rings is 1. The van der Waals surface area contributed by atoms with Crippen molar-refractivity contribution in [2.24, 2.45) is 0 Å². The van der Waals surface area contributed by atoms with Crippen molar-refractivity contribution in [2.75, 3.05) is 11.9 Å². The fraction of sp³-hybridized carbons (Fsp3) is 0.0667. The Morgan fingerprint density at radius 2 is 2.10 bits per heavy atom. The zero-order valence-corrected chi connectivity index (χ0v) is 10.8. The van der Waals surface area contributed by atoms with Gasteiger partial charge < -0.3 is 10.6 Å². The van der Waals surface area contributed by atoms with Crippen molar-refractivity contribution in [1.29, 1.82) is 0 Å². The van der Waals surface area contributed by atoms with Gasteiger partial charge in [-0.3, -0.25) is 9.78 Å². The molecule has 2 rings (SSSR count). The molecule has 102 valence electrons. The van der Waals surface area contributed by atoms with E-state index in [1.807, 2.05) is 0 Å². The van der Waals surface area contributed by atoms with Crippen LogP contribution in [0.4, 0.5) is 15.8 Å². The first kappa shape index (κ1) is 13.7. The van der Waals surface area contributed by atoms with E-state index >= 15 is 0 Å². The Labute approximate surface area is 116 Å². The van der Waals surface area contributed by atoms with Gasteiger partial charge in [0, 0.05) is 24.1 Å². The van der Waals surface area contributed by atoms with Gasteiger partial charge in [0.05, 0.1) is 0 Å². The van der Waals surface area contributed by atoms with Gasteiger partial charge in [-0.1, -0.05) is 12.1 Å². The van der Waals surface area contributed by atoms with Crippen molar-refractivity contribution in [3.8, 4) is 0 Å². The number of rotatable bonds is 5. The summed E-state index contributed by atoms with van der Waals surface area (Å²) in [5, 5.41) is 5.66. The number of nitrogens with one attached hydrogen (secondary N) is 2. The molecular weight excluding hydrogens is 257 g/mol. The number of amides is 1. The molecule has 5 heteroatoms. The Morgan fingerprint density at radius 3 is 2.85 bits per heavy atom. The molecule has 0 bridgehead atoms. The SMILES string of the molecule is C=CCNC(=O)c1cc(Nc2cccc(F)c2)ccn1. The van der Waals surface area contributed by atoms with E-state index in [-0.39, 0.29) is 17.4 Å². The molecule has 1 amide bonds. The lowest BCUT2D eigenvalue weighted by atomic mass is 10.2. The van der Waals surface area contributed by atoms with E-state index in [4.69, 9.17) is 0 Å². The second-order valence-corrected chi connectivity index (χ2v) is 4.06. The standard InChI is InChI=1S/C15H14FN3O/c1-2-7-18-15(20)14-10-13(6-8-17-14)19-12-5-3-4-11(16)9-12/h2-6,8-10H,1,7H2,(H,17,19)(H,18,20). The molecule has 0 spiro atoms. The van der Waals surface area contributed by atoms with E-state index in [9.17, 15) is 9.18 Å². The largest absolute Gasteiger partial charge is 0.355 e. The van der Waals surface area contributed by atoms with Crippen LogP contribution in [-0.2, 0) is 0 Å². The smallest absolute Gasteiger partial charge is 0.270 e. The van der Waals surface area contributed by atoms with E-state index < -0.39 is 0 Å². The highest BCUT2D eigenvalue weighted by atomic mass is 19.1. The van der Waals surface area contributed by atoms with Crippen LogP contribution in [0.2, 0.25) is 0 Å². The molecule has 20 heavy (non-hydrogen) atoms. The predicted molar refractivity (Wildman–Crippen MR) is 76.4 cm³/mol. The highest BCUT2D eigenvalue weighted by Crippen LogP contribution is 2.17. The highest BCUT2D eigenvalue weighted by Gasteiger charge is 2.06. The lowest BCUT2D eigenvalue weighted by Crippen LogP contribution is -2.24. The lowest BCUT2D eigenvalue weighted by molar-refractivity contribution is 0.0953. The first-order valence-corrected chi connectivity index (χ1v) is 6.07. The first-order valence-electron chi connectivity index (χ1n) is 6.07.